The van der Waals surface area contributed by atoms with Gasteiger partial charge >= 0.3 is 0 Å². The predicted molar refractivity (Wildman–Crippen MR) is 105 cm³/mol. The monoisotopic (exact) mass is 370 g/mol. The largest absolute Gasteiger partial charge is 0.0840 e. The highest BCUT2D eigenvalue weighted by molar-refractivity contribution is 6.36. The summed E-state index contributed by atoms with van der Waals surface area (Å²) in [5.74, 6) is 0. The van der Waals surface area contributed by atoms with Gasteiger partial charge in [-0.05, 0) is 40.2 Å². The highest BCUT2D eigenvalue weighted by Gasteiger charge is 2.20. The number of benzene rings is 2. The number of rotatable bonds is 0. The van der Waals surface area contributed by atoms with Crippen LogP contribution in [0.4, 0.5) is 0 Å². The minimum atomic E-state index is 0.00935. The molecule has 0 unspecified atom stereocenters. The van der Waals surface area contributed by atoms with E-state index in [4.69, 9.17) is 34.8 Å². The lowest BCUT2D eigenvalue weighted by molar-refractivity contribution is 0.590. The van der Waals surface area contributed by atoms with Crippen molar-refractivity contribution >= 4 is 34.8 Å². The standard InChI is InChI=1S/C10H12Cl2.C10H13Cl/c1-10(2,3)9-7(11)5-4-6-8(9)12;1-10(2,3)8-6-4-5-7-9(8)11/h4-6H,1-3H3;4-7H,1-3H3. The van der Waals surface area contributed by atoms with E-state index >= 15 is 0 Å². The van der Waals surface area contributed by atoms with Gasteiger partial charge in [0.25, 0.3) is 0 Å². The van der Waals surface area contributed by atoms with E-state index in [1.54, 1.807) is 0 Å². The van der Waals surface area contributed by atoms with Crippen molar-refractivity contribution < 1.29 is 0 Å². The molecule has 23 heavy (non-hydrogen) atoms. The Balaban J connectivity index is 0.000000231. The molecule has 0 atom stereocenters. The molecule has 0 saturated heterocycles. The second kappa shape index (κ2) is 7.92. The van der Waals surface area contributed by atoms with Gasteiger partial charge in [0.2, 0.25) is 0 Å². The number of hydrogen-bond donors (Lipinski definition) is 0. The van der Waals surface area contributed by atoms with E-state index in [1.165, 1.54) is 5.56 Å². The molecule has 0 aliphatic carbocycles. The van der Waals surface area contributed by atoms with Crippen LogP contribution in [-0.2, 0) is 10.8 Å². The van der Waals surface area contributed by atoms with Gasteiger partial charge in [-0.1, -0.05) is 101 Å². The number of hydrogen-bond acceptors (Lipinski definition) is 0. The molecule has 0 heterocycles. The Morgan fingerprint density at radius 2 is 1.00 bits per heavy atom. The molecule has 0 aromatic heterocycles. The fourth-order valence-electron chi connectivity index (χ4n) is 2.28. The van der Waals surface area contributed by atoms with Crippen molar-refractivity contribution in [3.8, 4) is 0 Å². The number of halogens is 3. The van der Waals surface area contributed by atoms with E-state index in [-0.39, 0.29) is 10.8 Å². The Hall–Kier alpha value is -0.690. The minimum Gasteiger partial charge on any atom is -0.0840 e. The molecule has 0 N–H and O–H groups in total. The summed E-state index contributed by atoms with van der Waals surface area (Å²) in [5.41, 5.74) is 2.39. The van der Waals surface area contributed by atoms with E-state index in [2.05, 4.69) is 47.6 Å². The quantitative estimate of drug-likeness (QED) is 0.441. The molecule has 0 bridgehead atoms. The van der Waals surface area contributed by atoms with Gasteiger partial charge in [-0.3, -0.25) is 0 Å². The van der Waals surface area contributed by atoms with E-state index in [9.17, 15) is 0 Å². The van der Waals surface area contributed by atoms with Crippen LogP contribution < -0.4 is 0 Å². The van der Waals surface area contributed by atoms with Crippen LogP contribution in [0, 0.1) is 0 Å². The molecule has 0 aliphatic heterocycles. The van der Waals surface area contributed by atoms with Crippen molar-refractivity contribution in [2.75, 3.05) is 0 Å². The third kappa shape index (κ3) is 6.03. The maximum atomic E-state index is 6.03. The van der Waals surface area contributed by atoms with Gasteiger partial charge in [0.15, 0.2) is 0 Å². The van der Waals surface area contributed by atoms with Gasteiger partial charge in [0, 0.05) is 15.1 Å². The molecule has 0 spiro atoms. The van der Waals surface area contributed by atoms with Crippen LogP contribution in [0.5, 0.6) is 0 Å². The van der Waals surface area contributed by atoms with Crippen LogP contribution in [0.15, 0.2) is 42.5 Å². The first kappa shape index (κ1) is 20.4. The van der Waals surface area contributed by atoms with Crippen LogP contribution in [0.3, 0.4) is 0 Å². The van der Waals surface area contributed by atoms with Crippen LogP contribution in [0.1, 0.15) is 52.7 Å². The molecule has 2 aromatic rings. The first-order chi connectivity index (χ1) is 10.4. The van der Waals surface area contributed by atoms with E-state index in [0.717, 1.165) is 20.6 Å². The second-order valence-corrected chi connectivity index (χ2v) is 8.80. The smallest absolute Gasteiger partial charge is 0.0458 e. The molecule has 3 heteroatoms. The van der Waals surface area contributed by atoms with Gasteiger partial charge < -0.3 is 0 Å². The summed E-state index contributed by atoms with van der Waals surface area (Å²) < 4.78 is 0. The van der Waals surface area contributed by atoms with Crippen LogP contribution in [0.2, 0.25) is 15.1 Å². The van der Waals surface area contributed by atoms with E-state index < -0.39 is 0 Å². The third-order valence-corrected chi connectivity index (χ3v) is 4.35. The van der Waals surface area contributed by atoms with Gasteiger partial charge in [-0.2, -0.15) is 0 Å². The topological polar surface area (TPSA) is 0 Å². The predicted octanol–water partition coefficient (Wildman–Crippen LogP) is 7.93. The van der Waals surface area contributed by atoms with Crippen molar-refractivity contribution in [1.29, 1.82) is 0 Å². The molecule has 0 radical (unpaired) electrons. The second-order valence-electron chi connectivity index (χ2n) is 7.58. The zero-order chi connectivity index (χ0) is 17.8. The summed E-state index contributed by atoms with van der Waals surface area (Å²) in [4.78, 5) is 0. The average Bonchev–Trinajstić information content (AvgIpc) is 2.36. The molecule has 2 rings (SSSR count). The van der Waals surface area contributed by atoms with Crippen LogP contribution in [0.25, 0.3) is 0 Å². The van der Waals surface area contributed by atoms with Crippen molar-refractivity contribution in [2.45, 2.75) is 52.4 Å². The lowest BCUT2D eigenvalue weighted by Gasteiger charge is -2.21. The highest BCUT2D eigenvalue weighted by atomic mass is 35.5. The first-order valence-corrected chi connectivity index (χ1v) is 8.77. The average molecular weight is 372 g/mol. The van der Waals surface area contributed by atoms with Gasteiger partial charge in [0.05, 0.1) is 0 Å². The molecule has 126 valence electrons. The molecular weight excluding hydrogens is 347 g/mol. The van der Waals surface area contributed by atoms with E-state index in [1.807, 2.05) is 36.4 Å². The van der Waals surface area contributed by atoms with Gasteiger partial charge in [-0.15, -0.1) is 0 Å². The zero-order valence-corrected chi connectivity index (χ0v) is 16.9. The van der Waals surface area contributed by atoms with Gasteiger partial charge in [0.1, 0.15) is 0 Å². The normalized spacial score (nSPS) is 11.7. The first-order valence-electron chi connectivity index (χ1n) is 7.64. The van der Waals surface area contributed by atoms with Crippen molar-refractivity contribution in [3.63, 3.8) is 0 Å². The SMILES string of the molecule is CC(C)(C)c1c(Cl)cccc1Cl.CC(C)(C)c1ccccc1Cl. The fraction of sp³-hybridized carbons (Fsp3) is 0.400. The molecule has 0 aliphatic rings. The molecule has 0 amide bonds. The molecule has 2 aromatic carbocycles. The highest BCUT2D eigenvalue weighted by Crippen LogP contribution is 2.34. The van der Waals surface area contributed by atoms with Crippen molar-refractivity contribution in [3.05, 3.63) is 68.7 Å². The summed E-state index contributed by atoms with van der Waals surface area (Å²) in [6.07, 6.45) is 0. The fourth-order valence-corrected chi connectivity index (χ4v) is 3.67. The molecule has 0 saturated carbocycles. The maximum absolute atomic E-state index is 6.03. The van der Waals surface area contributed by atoms with Gasteiger partial charge in [-0.25, -0.2) is 0 Å². The minimum absolute atomic E-state index is 0.00935. The Morgan fingerprint density at radius 1 is 0.565 bits per heavy atom. The Bertz CT molecular complexity index is 626. The Labute approximate surface area is 155 Å². The molecular formula is C20H25Cl3. The lowest BCUT2D eigenvalue weighted by Crippen LogP contribution is -2.12. The Morgan fingerprint density at radius 3 is 1.30 bits per heavy atom. The Kier molecular flexibility index (Phi) is 7.01. The van der Waals surface area contributed by atoms with Crippen molar-refractivity contribution in [2.24, 2.45) is 0 Å². The van der Waals surface area contributed by atoms with Crippen LogP contribution in [-0.4, -0.2) is 0 Å². The maximum Gasteiger partial charge on any atom is 0.0458 e. The zero-order valence-electron chi connectivity index (χ0n) is 14.7. The third-order valence-electron chi connectivity index (χ3n) is 3.39. The summed E-state index contributed by atoms with van der Waals surface area (Å²) in [7, 11) is 0. The summed E-state index contributed by atoms with van der Waals surface area (Å²) in [5, 5.41) is 2.35. The summed E-state index contributed by atoms with van der Waals surface area (Å²) >= 11 is 18.1. The molecule has 0 nitrogen and oxygen atoms in total. The summed E-state index contributed by atoms with van der Waals surface area (Å²) in [6.45, 7) is 12.8. The lowest BCUT2D eigenvalue weighted by atomic mass is 9.87. The van der Waals surface area contributed by atoms with Crippen molar-refractivity contribution in [1.82, 2.24) is 0 Å². The summed E-state index contributed by atoms with van der Waals surface area (Å²) in [6, 6.07) is 13.6. The molecule has 0 fully saturated rings. The van der Waals surface area contributed by atoms with Crippen LogP contribution >= 0.6 is 34.8 Å². The van der Waals surface area contributed by atoms with E-state index in [0.29, 0.717) is 0 Å².